The Kier molecular flexibility index (Phi) is 8.35. The van der Waals surface area contributed by atoms with Crippen molar-refractivity contribution >= 4 is 28.9 Å². The summed E-state index contributed by atoms with van der Waals surface area (Å²) in [4.78, 5) is 30.7. The molecule has 0 bridgehead atoms. The van der Waals surface area contributed by atoms with Crippen molar-refractivity contribution in [2.24, 2.45) is 5.92 Å². The highest BCUT2D eigenvalue weighted by molar-refractivity contribution is 6.04. The van der Waals surface area contributed by atoms with E-state index in [1.165, 1.54) is 5.56 Å². The molecule has 0 atom stereocenters. The van der Waals surface area contributed by atoms with E-state index in [-0.39, 0.29) is 17.7 Å². The summed E-state index contributed by atoms with van der Waals surface area (Å²) in [6.45, 7) is 7.44. The number of aryl methyl sites for hydroxylation is 2. The number of hydrogen-bond donors (Lipinski definition) is 1. The average Bonchev–Trinajstić information content (AvgIpc) is 3.01. The first-order chi connectivity index (χ1) is 16.6. The normalized spacial score (nSPS) is 16.0. The van der Waals surface area contributed by atoms with Gasteiger partial charge in [-0.1, -0.05) is 51.0 Å². The molecule has 1 saturated heterocycles. The average molecular weight is 464 g/mol. The molecule has 0 aliphatic carbocycles. The van der Waals surface area contributed by atoms with E-state index in [4.69, 9.17) is 4.74 Å². The van der Waals surface area contributed by atoms with Gasteiger partial charge in [0, 0.05) is 24.7 Å². The Balaban J connectivity index is 1.65. The van der Waals surface area contributed by atoms with Gasteiger partial charge < -0.3 is 10.1 Å². The first-order valence-electron chi connectivity index (χ1n) is 12.8. The van der Waals surface area contributed by atoms with Gasteiger partial charge in [0.25, 0.3) is 0 Å². The molecule has 6 nitrogen and oxygen atoms in total. The Hall–Kier alpha value is -2.70. The minimum atomic E-state index is 0.0218. The van der Waals surface area contributed by atoms with Crippen LogP contribution in [0.1, 0.15) is 50.7 Å². The third-order valence-electron chi connectivity index (χ3n) is 6.85. The van der Waals surface area contributed by atoms with Crippen LogP contribution in [0.25, 0.3) is 0 Å². The number of hydrogen-bond acceptors (Lipinski definition) is 4. The number of anilines is 3. The van der Waals surface area contributed by atoms with Gasteiger partial charge in [0.1, 0.15) is 0 Å². The summed E-state index contributed by atoms with van der Waals surface area (Å²) in [5.41, 5.74) is 4.87. The fourth-order valence-electron chi connectivity index (χ4n) is 5.04. The maximum Gasteiger partial charge on any atom is 0.245 e. The summed E-state index contributed by atoms with van der Waals surface area (Å²) in [5, 5.41) is 3.14. The number of fused-ring (bicyclic) bond motifs is 2. The van der Waals surface area contributed by atoms with Gasteiger partial charge in [-0.2, -0.15) is 0 Å². The van der Waals surface area contributed by atoms with Crippen LogP contribution in [0, 0.1) is 5.92 Å². The highest BCUT2D eigenvalue weighted by Gasteiger charge is 2.28. The van der Waals surface area contributed by atoms with Gasteiger partial charge in [-0.25, -0.2) is 0 Å². The van der Waals surface area contributed by atoms with Crippen molar-refractivity contribution in [1.82, 2.24) is 4.90 Å². The molecule has 2 heterocycles. The van der Waals surface area contributed by atoms with Gasteiger partial charge in [-0.15, -0.1) is 0 Å². The van der Waals surface area contributed by atoms with Crippen molar-refractivity contribution in [2.45, 2.75) is 52.4 Å². The van der Waals surface area contributed by atoms with E-state index in [1.807, 2.05) is 35.2 Å². The van der Waals surface area contributed by atoms with E-state index in [9.17, 15) is 9.59 Å². The van der Waals surface area contributed by atoms with Crippen LogP contribution in [0.4, 0.5) is 17.1 Å². The number of ether oxygens (including phenoxy) is 1. The number of morpholine rings is 1. The Labute approximate surface area is 203 Å². The molecule has 4 rings (SSSR count). The number of nitrogens with zero attached hydrogens (tertiary/aromatic N) is 2. The Morgan fingerprint density at radius 2 is 1.62 bits per heavy atom. The number of benzene rings is 2. The molecule has 6 heteroatoms. The second-order valence-corrected chi connectivity index (χ2v) is 9.35. The van der Waals surface area contributed by atoms with Crippen molar-refractivity contribution in [3.05, 3.63) is 53.6 Å². The van der Waals surface area contributed by atoms with Crippen LogP contribution in [-0.4, -0.2) is 49.6 Å². The molecular weight excluding hydrogens is 426 g/mol. The molecule has 0 aromatic heterocycles. The van der Waals surface area contributed by atoms with Crippen LogP contribution < -0.4 is 10.2 Å². The van der Waals surface area contributed by atoms with Crippen molar-refractivity contribution in [2.75, 3.05) is 43.1 Å². The van der Waals surface area contributed by atoms with Crippen LogP contribution in [-0.2, 0) is 27.2 Å². The largest absolute Gasteiger partial charge is 0.379 e. The van der Waals surface area contributed by atoms with Gasteiger partial charge in [0.2, 0.25) is 11.8 Å². The van der Waals surface area contributed by atoms with Crippen molar-refractivity contribution in [3.8, 4) is 0 Å². The van der Waals surface area contributed by atoms with Crippen LogP contribution in [0.2, 0.25) is 0 Å². The predicted octanol–water partition coefficient (Wildman–Crippen LogP) is 4.94. The number of carbonyl (C=O) groups excluding carboxylic acids is 2. The lowest BCUT2D eigenvalue weighted by Crippen LogP contribution is -2.43. The van der Waals surface area contributed by atoms with Crippen LogP contribution >= 0.6 is 0 Å². The van der Waals surface area contributed by atoms with Gasteiger partial charge in [-0.05, 0) is 55.0 Å². The highest BCUT2D eigenvalue weighted by atomic mass is 16.5. The van der Waals surface area contributed by atoms with Gasteiger partial charge >= 0.3 is 0 Å². The Morgan fingerprint density at radius 1 is 0.941 bits per heavy atom. The fraction of sp³-hybridized carbons (Fsp3) is 0.500. The van der Waals surface area contributed by atoms with E-state index < -0.39 is 0 Å². The van der Waals surface area contributed by atoms with E-state index in [0.29, 0.717) is 19.8 Å². The lowest BCUT2D eigenvalue weighted by molar-refractivity contribution is -0.120. The third-order valence-corrected chi connectivity index (χ3v) is 6.85. The van der Waals surface area contributed by atoms with E-state index in [0.717, 1.165) is 74.2 Å². The molecule has 182 valence electrons. The van der Waals surface area contributed by atoms with Crippen LogP contribution in [0.3, 0.4) is 0 Å². The summed E-state index contributed by atoms with van der Waals surface area (Å²) in [6, 6.07) is 14.2. The minimum Gasteiger partial charge on any atom is -0.379 e. The van der Waals surface area contributed by atoms with Gasteiger partial charge in [0.15, 0.2) is 0 Å². The number of nitrogens with one attached hydrogen (secondary N) is 1. The second kappa shape index (κ2) is 11.6. The summed E-state index contributed by atoms with van der Waals surface area (Å²) in [5.74, 6) is 0.147. The monoisotopic (exact) mass is 463 g/mol. The van der Waals surface area contributed by atoms with Crippen LogP contribution in [0.5, 0.6) is 0 Å². The van der Waals surface area contributed by atoms with Gasteiger partial charge in [0.05, 0.1) is 31.1 Å². The number of para-hydroxylation sites is 1. The zero-order chi connectivity index (χ0) is 23.9. The molecule has 0 spiro atoms. The molecule has 2 aromatic carbocycles. The number of amides is 2. The minimum absolute atomic E-state index is 0.0218. The first kappa shape index (κ1) is 24.4. The maximum atomic E-state index is 13.7. The molecule has 0 unspecified atom stereocenters. The lowest BCUT2D eigenvalue weighted by Gasteiger charge is -2.31. The third kappa shape index (κ3) is 5.68. The molecule has 1 fully saturated rings. The molecular formula is C28H37N3O3. The van der Waals surface area contributed by atoms with E-state index >= 15 is 0 Å². The molecule has 34 heavy (non-hydrogen) atoms. The first-order valence-corrected chi connectivity index (χ1v) is 12.8. The topological polar surface area (TPSA) is 61.9 Å². The fourth-order valence-corrected chi connectivity index (χ4v) is 5.04. The zero-order valence-corrected chi connectivity index (χ0v) is 20.5. The molecule has 0 saturated carbocycles. The van der Waals surface area contributed by atoms with Crippen molar-refractivity contribution in [1.29, 1.82) is 0 Å². The summed E-state index contributed by atoms with van der Waals surface area (Å²) in [7, 11) is 0. The molecule has 2 aliphatic rings. The molecule has 0 radical (unpaired) electrons. The predicted molar refractivity (Wildman–Crippen MR) is 137 cm³/mol. The Bertz CT molecular complexity index is 994. The smallest absolute Gasteiger partial charge is 0.245 e. The summed E-state index contributed by atoms with van der Waals surface area (Å²) in [6.07, 6.45) is 5.50. The Morgan fingerprint density at radius 3 is 2.32 bits per heavy atom. The number of carbonyl (C=O) groups is 2. The second-order valence-electron chi connectivity index (χ2n) is 9.35. The maximum absolute atomic E-state index is 13.7. The van der Waals surface area contributed by atoms with Crippen molar-refractivity contribution in [3.63, 3.8) is 0 Å². The molecule has 1 N–H and O–H groups in total. The van der Waals surface area contributed by atoms with E-state index in [2.05, 4.69) is 36.2 Å². The molecule has 2 amide bonds. The summed E-state index contributed by atoms with van der Waals surface area (Å²) >= 11 is 0. The lowest BCUT2D eigenvalue weighted by atomic mass is 9.97. The quantitative estimate of drug-likeness (QED) is 0.603. The van der Waals surface area contributed by atoms with Crippen LogP contribution in [0.15, 0.2) is 42.5 Å². The standard InChI is InChI=1S/C28H37N3O3/c1-3-7-23(8-4-2)28(33)29-24-14-13-22-12-11-21-9-5-6-10-25(21)31(26(22)19-24)27(32)20-30-15-17-34-18-16-30/h5-6,9-10,13-14,19,23H,3-4,7-8,11-12,15-18,20H2,1-2H3,(H,29,33). The summed E-state index contributed by atoms with van der Waals surface area (Å²) < 4.78 is 5.46. The van der Waals surface area contributed by atoms with E-state index in [1.54, 1.807) is 0 Å². The molecule has 2 aromatic rings. The SMILES string of the molecule is CCCC(CCC)C(=O)Nc1ccc2c(c1)N(C(=O)CN1CCOCC1)c1ccccc1CC2. The number of rotatable bonds is 8. The highest BCUT2D eigenvalue weighted by Crippen LogP contribution is 2.38. The zero-order valence-electron chi connectivity index (χ0n) is 20.5. The van der Waals surface area contributed by atoms with Crippen molar-refractivity contribution < 1.29 is 14.3 Å². The molecule has 2 aliphatic heterocycles. The van der Waals surface area contributed by atoms with Gasteiger partial charge in [-0.3, -0.25) is 19.4 Å².